The lowest BCUT2D eigenvalue weighted by molar-refractivity contribution is -0.121. The number of methoxy groups -OCH3 is 1. The highest BCUT2D eigenvalue weighted by atomic mass is 79.9. The molecule has 1 heterocycles. The maximum absolute atomic E-state index is 11.8. The molecule has 0 bridgehead atoms. The van der Waals surface area contributed by atoms with Gasteiger partial charge in [0.15, 0.2) is 11.5 Å². The van der Waals surface area contributed by atoms with Crippen LogP contribution in [0.4, 0.5) is 4.79 Å². The topological polar surface area (TPSA) is 66.8 Å². The number of rotatable bonds is 2. The van der Waals surface area contributed by atoms with Crippen molar-refractivity contribution in [1.29, 1.82) is 0 Å². The molecule has 1 saturated heterocycles. The van der Waals surface area contributed by atoms with Gasteiger partial charge in [-0.25, -0.2) is 0 Å². The van der Waals surface area contributed by atoms with Crippen molar-refractivity contribution < 1.29 is 19.4 Å². The number of amides is 2. The molecule has 8 heteroatoms. The highest BCUT2D eigenvalue weighted by Gasteiger charge is 2.32. The zero-order valence-electron chi connectivity index (χ0n) is 10.4. The van der Waals surface area contributed by atoms with E-state index >= 15 is 0 Å². The van der Waals surface area contributed by atoms with Gasteiger partial charge < -0.3 is 9.84 Å². The molecular formula is C12H9Br2NO4S. The van der Waals surface area contributed by atoms with Crippen LogP contribution in [0.5, 0.6) is 11.5 Å². The van der Waals surface area contributed by atoms with Crippen LogP contribution in [0.25, 0.3) is 6.08 Å². The fourth-order valence-corrected chi connectivity index (χ4v) is 3.22. The lowest BCUT2D eigenvalue weighted by Gasteiger charge is -2.10. The average Bonchev–Trinajstić information content (AvgIpc) is 2.67. The van der Waals surface area contributed by atoms with Gasteiger partial charge in [0.25, 0.3) is 11.1 Å². The normalized spacial score (nSPS) is 17.2. The van der Waals surface area contributed by atoms with Crippen molar-refractivity contribution in [3.8, 4) is 11.5 Å². The van der Waals surface area contributed by atoms with Crippen molar-refractivity contribution >= 4 is 60.8 Å². The van der Waals surface area contributed by atoms with E-state index in [1.165, 1.54) is 14.2 Å². The summed E-state index contributed by atoms with van der Waals surface area (Å²) in [6.07, 6.45) is 1.57. The molecule has 1 aromatic carbocycles. The highest BCUT2D eigenvalue weighted by molar-refractivity contribution is 9.13. The first-order valence-corrected chi connectivity index (χ1v) is 7.73. The molecule has 1 N–H and O–H groups in total. The number of likely N-dealkylation sites (N-methyl/N-ethyl adjacent to an activating group) is 1. The van der Waals surface area contributed by atoms with Gasteiger partial charge >= 0.3 is 0 Å². The summed E-state index contributed by atoms with van der Waals surface area (Å²) in [5.41, 5.74) is 0.616. The van der Waals surface area contributed by atoms with Gasteiger partial charge in [-0.15, -0.1) is 0 Å². The van der Waals surface area contributed by atoms with Crippen molar-refractivity contribution in [1.82, 2.24) is 4.90 Å². The molecule has 1 aromatic rings. The molecule has 106 valence electrons. The van der Waals surface area contributed by atoms with E-state index in [0.717, 1.165) is 16.7 Å². The molecule has 0 spiro atoms. The minimum absolute atomic E-state index is 0.0416. The van der Waals surface area contributed by atoms with Gasteiger partial charge in [-0.05, 0) is 61.3 Å². The Bertz CT molecular complexity index is 645. The molecule has 20 heavy (non-hydrogen) atoms. The Kier molecular flexibility index (Phi) is 4.46. The molecule has 0 radical (unpaired) electrons. The van der Waals surface area contributed by atoms with E-state index in [1.54, 1.807) is 12.1 Å². The number of hydrogen-bond donors (Lipinski definition) is 1. The second-order valence-corrected chi connectivity index (χ2v) is 6.46. The van der Waals surface area contributed by atoms with Crippen LogP contribution in [-0.2, 0) is 4.79 Å². The Hall–Kier alpha value is -0.990. The number of ether oxygens (including phenoxy) is 1. The van der Waals surface area contributed by atoms with Gasteiger partial charge in [0.05, 0.1) is 16.5 Å². The van der Waals surface area contributed by atoms with Crippen LogP contribution in [0.2, 0.25) is 0 Å². The van der Waals surface area contributed by atoms with Gasteiger partial charge in [-0.2, -0.15) is 0 Å². The molecule has 0 aromatic heterocycles. The third-order valence-corrected chi connectivity index (χ3v) is 5.79. The van der Waals surface area contributed by atoms with Crippen LogP contribution in [0.3, 0.4) is 0 Å². The molecule has 5 nitrogen and oxygen atoms in total. The molecule has 1 fully saturated rings. The van der Waals surface area contributed by atoms with Crippen molar-refractivity contribution in [3.63, 3.8) is 0 Å². The second kappa shape index (κ2) is 5.79. The van der Waals surface area contributed by atoms with Crippen molar-refractivity contribution in [2.75, 3.05) is 14.2 Å². The fraction of sp³-hybridized carbons (Fsp3) is 0.167. The zero-order chi connectivity index (χ0) is 15.0. The minimum atomic E-state index is -0.352. The summed E-state index contributed by atoms with van der Waals surface area (Å²) in [4.78, 5) is 24.7. The van der Waals surface area contributed by atoms with Gasteiger partial charge in [0.2, 0.25) is 0 Å². The quantitative estimate of drug-likeness (QED) is 0.737. The van der Waals surface area contributed by atoms with E-state index in [1.807, 2.05) is 0 Å². The van der Waals surface area contributed by atoms with Gasteiger partial charge in [0, 0.05) is 11.5 Å². The number of nitrogens with zero attached hydrogens (tertiary/aromatic N) is 1. The number of carbonyl (C=O) groups excluding carboxylic acids is 2. The van der Waals surface area contributed by atoms with Crippen molar-refractivity contribution in [2.24, 2.45) is 0 Å². The largest absolute Gasteiger partial charge is 0.503 e. The first kappa shape index (κ1) is 15.4. The van der Waals surface area contributed by atoms with E-state index in [2.05, 4.69) is 31.9 Å². The maximum Gasteiger partial charge on any atom is 0.293 e. The third-order valence-electron chi connectivity index (χ3n) is 2.67. The van der Waals surface area contributed by atoms with Crippen LogP contribution in [-0.4, -0.2) is 35.3 Å². The van der Waals surface area contributed by atoms with E-state index in [0.29, 0.717) is 19.4 Å². The molecule has 1 aliphatic rings. The van der Waals surface area contributed by atoms with Gasteiger partial charge in [0.1, 0.15) is 0 Å². The Labute approximate surface area is 136 Å². The number of imide groups is 1. The summed E-state index contributed by atoms with van der Waals surface area (Å²) in [5.74, 6) is -0.128. The molecule has 0 saturated carbocycles. The number of phenols is 1. The van der Waals surface area contributed by atoms with Crippen molar-refractivity contribution in [3.05, 3.63) is 25.5 Å². The number of benzene rings is 1. The smallest absolute Gasteiger partial charge is 0.293 e. The van der Waals surface area contributed by atoms with Crippen LogP contribution in [0, 0.1) is 0 Å². The summed E-state index contributed by atoms with van der Waals surface area (Å²) < 4.78 is 6.04. The molecule has 0 atom stereocenters. The Morgan fingerprint density at radius 1 is 1.35 bits per heavy atom. The minimum Gasteiger partial charge on any atom is -0.503 e. The van der Waals surface area contributed by atoms with Crippen LogP contribution < -0.4 is 4.74 Å². The maximum atomic E-state index is 11.8. The third kappa shape index (κ3) is 2.59. The van der Waals surface area contributed by atoms with E-state index in [4.69, 9.17) is 4.74 Å². The second-order valence-electron chi connectivity index (χ2n) is 3.89. The molecule has 0 aliphatic carbocycles. The number of carbonyl (C=O) groups is 2. The predicted octanol–water partition coefficient (Wildman–Crippen LogP) is 3.59. The van der Waals surface area contributed by atoms with E-state index in [-0.39, 0.29) is 22.6 Å². The SMILES string of the molecule is COc1cc(/C=C2\SC(=O)N(C)C2=O)c(Br)c(Br)c1O. The van der Waals surface area contributed by atoms with E-state index in [9.17, 15) is 14.7 Å². The number of hydrogen-bond acceptors (Lipinski definition) is 5. The molecule has 1 aliphatic heterocycles. The summed E-state index contributed by atoms with van der Waals surface area (Å²) in [7, 11) is 2.86. The van der Waals surface area contributed by atoms with Crippen LogP contribution in [0.15, 0.2) is 19.9 Å². The lowest BCUT2D eigenvalue weighted by atomic mass is 10.2. The Morgan fingerprint density at radius 2 is 2.00 bits per heavy atom. The number of halogens is 2. The standard InChI is InChI=1S/C12H9Br2NO4S/c1-15-11(17)7(20-12(15)18)4-5-3-6(19-2)10(16)9(14)8(5)13/h3-4,16H,1-2H3/b7-4-. The van der Waals surface area contributed by atoms with Crippen LogP contribution in [0.1, 0.15) is 5.56 Å². The Balaban J connectivity index is 2.52. The zero-order valence-corrected chi connectivity index (χ0v) is 14.4. The predicted molar refractivity (Wildman–Crippen MR) is 83.8 cm³/mol. The van der Waals surface area contributed by atoms with Crippen LogP contribution >= 0.6 is 43.6 Å². The number of aromatic hydroxyl groups is 1. The fourth-order valence-electron chi connectivity index (χ4n) is 1.56. The average molecular weight is 423 g/mol. The monoisotopic (exact) mass is 421 g/mol. The first-order chi connectivity index (χ1) is 9.36. The number of phenolic OH excluding ortho intramolecular Hbond substituents is 1. The number of thioether (sulfide) groups is 1. The summed E-state index contributed by atoms with van der Waals surface area (Å²) in [6.45, 7) is 0. The van der Waals surface area contributed by atoms with Gasteiger partial charge in [-0.1, -0.05) is 0 Å². The molecule has 2 amide bonds. The first-order valence-electron chi connectivity index (χ1n) is 5.33. The molecular weight excluding hydrogens is 414 g/mol. The molecule has 0 unspecified atom stereocenters. The molecule has 2 rings (SSSR count). The highest BCUT2D eigenvalue weighted by Crippen LogP contribution is 2.43. The Morgan fingerprint density at radius 3 is 2.50 bits per heavy atom. The lowest BCUT2D eigenvalue weighted by Crippen LogP contribution is -2.22. The summed E-state index contributed by atoms with van der Waals surface area (Å²) >= 11 is 7.43. The summed E-state index contributed by atoms with van der Waals surface area (Å²) in [5, 5.41) is 9.53. The van der Waals surface area contributed by atoms with Crippen molar-refractivity contribution in [2.45, 2.75) is 0 Å². The van der Waals surface area contributed by atoms with Gasteiger partial charge in [-0.3, -0.25) is 14.5 Å². The van der Waals surface area contributed by atoms with E-state index < -0.39 is 0 Å². The summed E-state index contributed by atoms with van der Waals surface area (Å²) in [6, 6.07) is 1.58.